The maximum absolute atomic E-state index is 12.3. The zero-order chi connectivity index (χ0) is 26.3. The topological polar surface area (TPSA) is 93.5 Å². The molecule has 4 heterocycles. The van der Waals surface area contributed by atoms with E-state index in [0.29, 0.717) is 24.0 Å². The quantitative estimate of drug-likeness (QED) is 0.360. The summed E-state index contributed by atoms with van der Waals surface area (Å²) in [5, 5.41) is 5.73. The highest BCUT2D eigenvalue weighted by atomic mass is 35.5. The van der Waals surface area contributed by atoms with Crippen molar-refractivity contribution in [2.75, 3.05) is 31.1 Å². The van der Waals surface area contributed by atoms with E-state index in [1.165, 1.54) is 16.5 Å². The fraction of sp³-hybridized carbons (Fsp3) is 0.536. The van der Waals surface area contributed by atoms with Gasteiger partial charge in [0.1, 0.15) is 0 Å². The minimum absolute atomic E-state index is 0.364. The van der Waals surface area contributed by atoms with Gasteiger partial charge in [0.05, 0.1) is 5.56 Å². The molecular formula is C28H37ClN6O3. The number of hydroxylamine groups is 1. The van der Waals surface area contributed by atoms with Crippen LogP contribution in [0, 0.1) is 5.92 Å². The lowest BCUT2D eigenvalue weighted by Crippen LogP contribution is -2.38. The molecule has 0 saturated carbocycles. The number of nitrogens with one attached hydrogen (secondary N) is 2. The van der Waals surface area contributed by atoms with E-state index in [4.69, 9.17) is 21.2 Å². The molecule has 1 amide bonds. The zero-order valence-electron chi connectivity index (χ0n) is 22.0. The molecule has 3 aromatic rings. The molecule has 0 spiro atoms. The first-order valence-corrected chi connectivity index (χ1v) is 14.1. The molecule has 2 N–H and O–H groups in total. The Labute approximate surface area is 228 Å². The van der Waals surface area contributed by atoms with Gasteiger partial charge in [0.2, 0.25) is 5.95 Å². The maximum atomic E-state index is 12.3. The van der Waals surface area contributed by atoms with Crippen molar-refractivity contribution in [3.8, 4) is 0 Å². The minimum Gasteiger partial charge on any atom is -0.350 e. The standard InChI is InChI=1S/C28H37ClN6O3/c1-2-10-35-19-22(24-7-6-23(29)14-25(24)35)16-30-15-20-8-11-34(12-9-20)28-31-17-21(18-32-28)27(36)33-38-26-5-3-4-13-37-26/h6-7,14,17-20,26,30H,2-5,8-13,15-16H2,1H3,(H,33,36). The van der Waals surface area contributed by atoms with Crippen LogP contribution in [0.25, 0.3) is 10.9 Å². The van der Waals surface area contributed by atoms with Crippen molar-refractivity contribution in [2.45, 2.75) is 64.8 Å². The van der Waals surface area contributed by atoms with E-state index in [0.717, 1.165) is 76.3 Å². The van der Waals surface area contributed by atoms with Crippen LogP contribution in [-0.4, -0.2) is 53.0 Å². The summed E-state index contributed by atoms with van der Waals surface area (Å²) >= 11 is 6.25. The van der Waals surface area contributed by atoms with Crippen molar-refractivity contribution < 1.29 is 14.4 Å². The molecule has 2 aliphatic heterocycles. The van der Waals surface area contributed by atoms with Crippen LogP contribution >= 0.6 is 11.6 Å². The van der Waals surface area contributed by atoms with Crippen molar-refractivity contribution in [3.63, 3.8) is 0 Å². The highest BCUT2D eigenvalue weighted by molar-refractivity contribution is 6.31. The summed E-state index contributed by atoms with van der Waals surface area (Å²) in [5.41, 5.74) is 5.34. The third kappa shape index (κ3) is 6.64. The van der Waals surface area contributed by atoms with Gasteiger partial charge in [0.25, 0.3) is 5.91 Å². The first-order valence-electron chi connectivity index (χ1n) is 13.7. The third-order valence-corrected chi connectivity index (χ3v) is 7.59. The molecule has 38 heavy (non-hydrogen) atoms. The summed E-state index contributed by atoms with van der Waals surface area (Å²) in [7, 11) is 0. The zero-order valence-corrected chi connectivity index (χ0v) is 22.8. The van der Waals surface area contributed by atoms with E-state index < -0.39 is 0 Å². The lowest BCUT2D eigenvalue weighted by atomic mass is 9.97. The fourth-order valence-corrected chi connectivity index (χ4v) is 5.41. The number of rotatable bonds is 10. The average molecular weight is 541 g/mol. The third-order valence-electron chi connectivity index (χ3n) is 7.36. The second-order valence-corrected chi connectivity index (χ2v) is 10.6. The van der Waals surface area contributed by atoms with Gasteiger partial charge in [-0.3, -0.25) is 4.79 Å². The number of piperidine rings is 1. The molecular weight excluding hydrogens is 504 g/mol. The molecule has 204 valence electrons. The Morgan fingerprint density at radius 2 is 2.00 bits per heavy atom. The molecule has 1 unspecified atom stereocenters. The lowest BCUT2D eigenvalue weighted by molar-refractivity contribution is -0.186. The second kappa shape index (κ2) is 12.9. The van der Waals surface area contributed by atoms with E-state index in [-0.39, 0.29) is 12.2 Å². The minimum atomic E-state index is -0.385. The largest absolute Gasteiger partial charge is 0.350 e. The summed E-state index contributed by atoms with van der Waals surface area (Å²) in [4.78, 5) is 28.8. The number of ether oxygens (including phenoxy) is 1. The van der Waals surface area contributed by atoms with Gasteiger partial charge in [-0.05, 0) is 62.3 Å². The summed E-state index contributed by atoms with van der Waals surface area (Å²) in [6, 6.07) is 6.17. The van der Waals surface area contributed by atoms with Crippen LogP contribution < -0.4 is 15.7 Å². The molecule has 1 aromatic carbocycles. The number of nitrogens with zero attached hydrogens (tertiary/aromatic N) is 4. The number of fused-ring (bicyclic) bond motifs is 1. The van der Waals surface area contributed by atoms with E-state index >= 15 is 0 Å². The number of amides is 1. The van der Waals surface area contributed by atoms with E-state index in [1.54, 1.807) is 12.4 Å². The van der Waals surface area contributed by atoms with Gasteiger partial charge in [-0.1, -0.05) is 24.6 Å². The van der Waals surface area contributed by atoms with Gasteiger partial charge in [-0.2, -0.15) is 0 Å². The van der Waals surface area contributed by atoms with E-state index in [9.17, 15) is 4.79 Å². The van der Waals surface area contributed by atoms with Gasteiger partial charge in [0.15, 0.2) is 6.29 Å². The molecule has 10 heteroatoms. The van der Waals surface area contributed by atoms with Crippen LogP contribution in [0.2, 0.25) is 5.02 Å². The van der Waals surface area contributed by atoms with Crippen LogP contribution in [-0.2, 0) is 22.7 Å². The van der Waals surface area contributed by atoms with E-state index in [1.807, 2.05) is 6.07 Å². The van der Waals surface area contributed by atoms with Gasteiger partial charge in [-0.25, -0.2) is 20.3 Å². The maximum Gasteiger partial charge on any atom is 0.278 e. The smallest absolute Gasteiger partial charge is 0.278 e. The molecule has 5 rings (SSSR count). The number of halogens is 1. The number of anilines is 1. The Bertz CT molecular complexity index is 1200. The van der Waals surface area contributed by atoms with Gasteiger partial charge < -0.3 is 19.5 Å². The van der Waals surface area contributed by atoms with Crippen molar-refractivity contribution in [3.05, 3.63) is 52.9 Å². The Morgan fingerprint density at radius 3 is 2.74 bits per heavy atom. The van der Waals surface area contributed by atoms with Gasteiger partial charge >= 0.3 is 0 Å². The highest BCUT2D eigenvalue weighted by Crippen LogP contribution is 2.26. The number of hydrogen-bond acceptors (Lipinski definition) is 7. The van der Waals surface area contributed by atoms with Gasteiger partial charge in [0, 0.05) is 73.7 Å². The monoisotopic (exact) mass is 540 g/mol. The van der Waals surface area contributed by atoms with Crippen molar-refractivity contribution in [1.82, 2.24) is 25.3 Å². The van der Waals surface area contributed by atoms with Crippen LogP contribution in [0.15, 0.2) is 36.8 Å². The Hall–Kier alpha value is -2.72. The molecule has 2 saturated heterocycles. The molecule has 1 atom stereocenters. The normalized spacial score (nSPS) is 18.7. The molecule has 0 bridgehead atoms. The van der Waals surface area contributed by atoms with Crippen LogP contribution in [0.4, 0.5) is 5.95 Å². The molecule has 2 fully saturated rings. The summed E-state index contributed by atoms with van der Waals surface area (Å²) in [6.07, 6.45) is 11.1. The molecule has 0 radical (unpaired) electrons. The van der Waals surface area contributed by atoms with Crippen molar-refractivity contribution in [2.24, 2.45) is 5.92 Å². The summed E-state index contributed by atoms with van der Waals surface area (Å²) in [5.74, 6) is 0.900. The van der Waals surface area contributed by atoms with Crippen LogP contribution in [0.1, 0.15) is 61.4 Å². The first-order chi connectivity index (χ1) is 18.6. The second-order valence-electron chi connectivity index (χ2n) is 10.2. The number of aromatic nitrogens is 3. The number of carbonyl (C=O) groups excluding carboxylic acids is 1. The molecule has 2 aliphatic rings. The molecule has 0 aliphatic carbocycles. The van der Waals surface area contributed by atoms with Crippen molar-refractivity contribution in [1.29, 1.82) is 0 Å². The fourth-order valence-electron chi connectivity index (χ4n) is 5.24. The Balaban J connectivity index is 1.07. The lowest BCUT2D eigenvalue weighted by Gasteiger charge is -2.32. The Morgan fingerprint density at radius 1 is 1.18 bits per heavy atom. The SMILES string of the molecule is CCCn1cc(CNCC2CCN(c3ncc(C(=O)NOC4CCCCO4)cn3)CC2)c2ccc(Cl)cc21. The predicted molar refractivity (Wildman–Crippen MR) is 148 cm³/mol. The van der Waals surface area contributed by atoms with Crippen LogP contribution in [0.3, 0.4) is 0 Å². The van der Waals surface area contributed by atoms with Crippen molar-refractivity contribution >= 4 is 34.4 Å². The number of hydrogen-bond donors (Lipinski definition) is 2. The molecule has 9 nitrogen and oxygen atoms in total. The highest BCUT2D eigenvalue weighted by Gasteiger charge is 2.22. The number of benzene rings is 1. The summed E-state index contributed by atoms with van der Waals surface area (Å²) in [6.45, 7) is 7.46. The number of carbonyl (C=O) groups is 1. The average Bonchev–Trinajstić information content (AvgIpc) is 3.29. The van der Waals surface area contributed by atoms with E-state index in [2.05, 4.69) is 55.5 Å². The Kier molecular flexibility index (Phi) is 9.11. The predicted octanol–water partition coefficient (Wildman–Crippen LogP) is 4.69. The van der Waals surface area contributed by atoms with Crippen LogP contribution in [0.5, 0.6) is 0 Å². The summed E-state index contributed by atoms with van der Waals surface area (Å²) < 4.78 is 7.77. The number of aryl methyl sites for hydroxylation is 1. The van der Waals surface area contributed by atoms with Gasteiger partial charge in [-0.15, -0.1) is 0 Å². The molecule has 2 aromatic heterocycles. The first kappa shape index (κ1) is 26.9.